The second kappa shape index (κ2) is 18.9. The number of ether oxygens (including phenoxy) is 10. The van der Waals surface area contributed by atoms with E-state index >= 15 is 0 Å². The minimum absolute atomic E-state index is 0.0000211. The summed E-state index contributed by atoms with van der Waals surface area (Å²) in [7, 11) is 3.33. The van der Waals surface area contributed by atoms with Gasteiger partial charge in [0.25, 0.3) is 0 Å². The molecule has 0 spiro atoms. The number of alkyl carbamates (subject to hydrolysis) is 1. The average Bonchev–Trinajstić information content (AvgIpc) is 3.96. The lowest BCUT2D eigenvalue weighted by atomic mass is 9.76. The van der Waals surface area contributed by atoms with Crippen molar-refractivity contribution in [3.63, 3.8) is 0 Å². The highest BCUT2D eigenvalue weighted by Gasteiger charge is 2.61. The number of aliphatic hydroxyl groups excluding tert-OH is 1. The number of Topliss-reactive ketones (excluding diaryl/α,β-unsaturated/α-hetero) is 1. The van der Waals surface area contributed by atoms with Crippen LogP contribution in [-0.2, 0) is 52.2 Å². The van der Waals surface area contributed by atoms with Gasteiger partial charge in [-0.1, -0.05) is 27.0 Å². The minimum atomic E-state index is -0.946. The molecule has 5 unspecified atom stereocenters. The largest absolute Gasteiger partial charge is 0.444 e. The summed E-state index contributed by atoms with van der Waals surface area (Å²) >= 11 is 0. The van der Waals surface area contributed by atoms with Gasteiger partial charge in [0.1, 0.15) is 41.9 Å². The summed E-state index contributed by atoms with van der Waals surface area (Å²) in [6, 6.07) is 0. The molecule has 10 saturated heterocycles. The van der Waals surface area contributed by atoms with Gasteiger partial charge in [0, 0.05) is 58.3 Å². The van der Waals surface area contributed by atoms with Crippen LogP contribution in [-0.4, -0.2) is 147 Å². The Morgan fingerprint density at radius 2 is 1.39 bits per heavy atom. The van der Waals surface area contributed by atoms with Crippen molar-refractivity contribution < 1.29 is 62.1 Å². The van der Waals surface area contributed by atoms with E-state index in [2.05, 4.69) is 25.4 Å². The van der Waals surface area contributed by atoms with Crippen LogP contribution in [0.2, 0.25) is 0 Å². The molecule has 0 aromatic carbocycles. The molecular formula is C47H73NO13. The lowest BCUT2D eigenvalue weighted by Gasteiger charge is -2.48. The van der Waals surface area contributed by atoms with Gasteiger partial charge in [0.05, 0.1) is 73.2 Å². The highest BCUT2D eigenvalue weighted by atomic mass is 16.7. The normalized spacial score (nSPS) is 46.0. The smallest absolute Gasteiger partial charge is 0.407 e. The molecule has 344 valence electrons. The summed E-state index contributed by atoms with van der Waals surface area (Å²) in [5.41, 5.74) is 1.49. The van der Waals surface area contributed by atoms with Crippen molar-refractivity contribution in [1.29, 1.82) is 0 Å². The van der Waals surface area contributed by atoms with Gasteiger partial charge in [-0.2, -0.15) is 0 Å². The van der Waals surface area contributed by atoms with Crippen molar-refractivity contribution in [2.75, 3.05) is 20.8 Å². The second-order valence-corrected chi connectivity index (χ2v) is 20.4. The summed E-state index contributed by atoms with van der Waals surface area (Å²) in [6.45, 7) is 18.5. The Morgan fingerprint density at radius 1 is 0.738 bits per heavy atom. The van der Waals surface area contributed by atoms with Gasteiger partial charge < -0.3 is 57.8 Å². The molecule has 10 aliphatic heterocycles. The van der Waals surface area contributed by atoms with E-state index in [4.69, 9.17) is 47.4 Å². The topological polar surface area (TPSA) is 159 Å². The van der Waals surface area contributed by atoms with Gasteiger partial charge in [0.15, 0.2) is 0 Å². The number of hydrogen-bond donors (Lipinski definition) is 2. The molecule has 1 amide bonds. The summed E-state index contributed by atoms with van der Waals surface area (Å²) < 4.78 is 65.0. The van der Waals surface area contributed by atoms with Crippen LogP contribution in [0.3, 0.4) is 0 Å². The molecule has 0 saturated carbocycles. The number of rotatable bonds is 6. The number of amides is 1. The monoisotopic (exact) mass is 860 g/mol. The predicted octanol–water partition coefficient (Wildman–Crippen LogP) is 5.54. The molecule has 20 atom stereocenters. The van der Waals surface area contributed by atoms with Crippen molar-refractivity contribution in [3.05, 3.63) is 24.3 Å². The van der Waals surface area contributed by atoms with Crippen LogP contribution < -0.4 is 5.32 Å². The molecule has 14 nitrogen and oxygen atoms in total. The van der Waals surface area contributed by atoms with Gasteiger partial charge in [-0.15, -0.1) is 0 Å². The molecule has 10 rings (SSSR count). The Hall–Kier alpha value is -1.98. The van der Waals surface area contributed by atoms with E-state index in [1.54, 1.807) is 35.0 Å². The highest BCUT2D eigenvalue weighted by Crippen LogP contribution is 2.47. The van der Waals surface area contributed by atoms with Crippen LogP contribution in [0.25, 0.3) is 0 Å². The Kier molecular flexibility index (Phi) is 14.1. The lowest BCUT2D eigenvalue weighted by molar-refractivity contribution is -0.268. The molecule has 61 heavy (non-hydrogen) atoms. The molecular weight excluding hydrogens is 787 g/mol. The van der Waals surface area contributed by atoms with Gasteiger partial charge in [-0.3, -0.25) is 4.79 Å². The molecule has 0 aromatic rings. The number of methoxy groups -OCH3 is 2. The Morgan fingerprint density at radius 3 is 2.15 bits per heavy atom. The second-order valence-electron chi connectivity index (χ2n) is 20.4. The maximum Gasteiger partial charge on any atom is 0.407 e. The van der Waals surface area contributed by atoms with E-state index in [0.29, 0.717) is 12.8 Å². The molecule has 14 heteroatoms. The molecule has 0 aliphatic carbocycles. The molecule has 2 N–H and O–H groups in total. The number of carbonyl (C=O) groups is 2. The first-order chi connectivity index (χ1) is 29.1. The Labute approximate surface area is 362 Å². The maximum absolute atomic E-state index is 14.5. The van der Waals surface area contributed by atoms with Gasteiger partial charge in [-0.25, -0.2) is 4.79 Å². The molecule has 0 radical (unpaired) electrons. The fourth-order valence-corrected chi connectivity index (χ4v) is 11.8. The Balaban J connectivity index is 1.03. The predicted molar refractivity (Wildman–Crippen MR) is 223 cm³/mol. The number of hydrogen-bond acceptors (Lipinski definition) is 13. The summed E-state index contributed by atoms with van der Waals surface area (Å²) in [4.78, 5) is 27.0. The van der Waals surface area contributed by atoms with Crippen molar-refractivity contribution in [3.8, 4) is 0 Å². The Bertz CT molecular complexity index is 1580. The lowest BCUT2D eigenvalue weighted by Crippen LogP contribution is -2.62. The van der Waals surface area contributed by atoms with E-state index in [9.17, 15) is 14.7 Å². The molecule has 0 aromatic heterocycles. The first kappa shape index (κ1) is 45.6. The molecule has 12 bridgehead atoms. The van der Waals surface area contributed by atoms with Crippen LogP contribution in [0.5, 0.6) is 0 Å². The highest BCUT2D eigenvalue weighted by molar-refractivity contribution is 5.81. The summed E-state index contributed by atoms with van der Waals surface area (Å²) in [5, 5.41) is 13.9. The average molecular weight is 860 g/mol. The number of aliphatic hydroxyl groups is 1. The molecule has 10 heterocycles. The third-order valence-corrected chi connectivity index (χ3v) is 15.0. The summed E-state index contributed by atoms with van der Waals surface area (Å²) in [6.07, 6.45) is 3.06. The minimum Gasteiger partial charge on any atom is -0.444 e. The van der Waals surface area contributed by atoms with Gasteiger partial charge >= 0.3 is 6.09 Å². The SMILES string of the molecule is C=C1C2C[C@@H]3OC(C[C@H](O)CNC(=O)OC(C)(C)C)[C@H](OC)[C@H]3C(C)C(=O)C[C@H]3CCC4O[C@@H]5[C@@H](O[C@@H]6C[C@@H](CC[C@H]7CC(=C)[C@H](CCC(C[C@H]1C)O2)O7)O[C@H]56)[C@@H](OC)[C@H]4O3. The standard InChI is InChI=1S/C47H73NO13/c1-23-16-29-12-14-33-24(2)17-28(54-33)10-11-31-20-38-42(57-31)44-45(60-38)43(53-9)41-34(59-44)15-13-30(56-41)19-32(50)26(4)39-36(21-35(55-29)25(23)3)58-37(40(39)52-8)18-27(49)22-48-46(51)61-47(5,6)7/h23,26-31,33-45,49H,2-3,10-22H2,1,4-9H3,(H,48,51)/t23-,26?,27+,28+,29?,30-,31-,33+,34?,35?,36+,37?,38-,39+,40+,41+,42+,43+,44+,45+/m1/s1. The maximum atomic E-state index is 14.5. The quantitative estimate of drug-likeness (QED) is 0.321. The third kappa shape index (κ3) is 9.99. The number of carbonyl (C=O) groups excluding carboxylic acids is 2. The van der Waals surface area contributed by atoms with Crippen molar-refractivity contribution in [2.45, 2.75) is 221 Å². The first-order valence-corrected chi connectivity index (χ1v) is 23.3. The molecule has 10 aliphatic rings. The van der Waals surface area contributed by atoms with Gasteiger partial charge in [-0.05, 0) is 89.2 Å². The van der Waals surface area contributed by atoms with Crippen molar-refractivity contribution in [2.24, 2.45) is 17.8 Å². The number of nitrogens with one attached hydrogen (secondary N) is 1. The summed E-state index contributed by atoms with van der Waals surface area (Å²) in [5.74, 6) is -0.529. The third-order valence-electron chi connectivity index (χ3n) is 15.0. The van der Waals surface area contributed by atoms with Crippen LogP contribution in [0.4, 0.5) is 4.79 Å². The van der Waals surface area contributed by atoms with E-state index < -0.39 is 42.0 Å². The van der Waals surface area contributed by atoms with E-state index in [1.165, 1.54) is 0 Å². The fraction of sp³-hybridized carbons (Fsp3) is 0.872. The van der Waals surface area contributed by atoms with Gasteiger partial charge in [0.2, 0.25) is 0 Å². The number of ketones is 1. The van der Waals surface area contributed by atoms with Crippen LogP contribution >= 0.6 is 0 Å². The van der Waals surface area contributed by atoms with Crippen LogP contribution in [0.15, 0.2) is 24.3 Å². The van der Waals surface area contributed by atoms with Crippen LogP contribution in [0, 0.1) is 17.8 Å². The zero-order valence-electron chi connectivity index (χ0n) is 37.5. The van der Waals surface area contributed by atoms with E-state index in [1.807, 2.05) is 6.92 Å². The first-order valence-electron chi connectivity index (χ1n) is 23.3. The van der Waals surface area contributed by atoms with Crippen molar-refractivity contribution in [1.82, 2.24) is 5.32 Å². The molecule has 10 fully saturated rings. The van der Waals surface area contributed by atoms with E-state index in [-0.39, 0.29) is 116 Å². The number of fused-ring (bicyclic) bond motifs is 1. The zero-order valence-corrected chi connectivity index (χ0v) is 37.5. The van der Waals surface area contributed by atoms with Crippen molar-refractivity contribution >= 4 is 11.9 Å². The fourth-order valence-electron chi connectivity index (χ4n) is 11.8. The van der Waals surface area contributed by atoms with Crippen LogP contribution in [0.1, 0.15) is 112 Å². The van der Waals surface area contributed by atoms with E-state index in [0.717, 1.165) is 62.5 Å². The zero-order chi connectivity index (χ0) is 43.3.